The average molecular weight is 372 g/mol. The van der Waals surface area contributed by atoms with Gasteiger partial charge in [-0.15, -0.1) is 0 Å². The monoisotopic (exact) mass is 372 g/mol. The molecule has 0 aromatic heterocycles. The molecule has 0 spiro atoms. The topological polar surface area (TPSA) is 35.5 Å². The fourth-order valence-electron chi connectivity index (χ4n) is 2.89. The van der Waals surface area contributed by atoms with Gasteiger partial charge in [0.1, 0.15) is 5.75 Å². The van der Waals surface area contributed by atoms with Crippen molar-refractivity contribution in [2.24, 2.45) is 0 Å². The Bertz CT molecular complexity index is 1010. The molecule has 142 valence electrons. The van der Waals surface area contributed by atoms with Crippen molar-refractivity contribution in [3.63, 3.8) is 0 Å². The Morgan fingerprint density at radius 2 is 1.54 bits per heavy atom. The van der Waals surface area contributed by atoms with Gasteiger partial charge in [0.25, 0.3) is 0 Å². The smallest absolute Gasteiger partial charge is 0.337 e. The van der Waals surface area contributed by atoms with Gasteiger partial charge in [0.05, 0.1) is 19.3 Å². The number of unbranched alkanes of at least 4 members (excludes halogenated alkanes) is 2. The summed E-state index contributed by atoms with van der Waals surface area (Å²) in [5, 5.41) is 2.02. The molecule has 3 rings (SSSR count). The predicted octanol–water partition coefficient (Wildman–Crippen LogP) is 5.60. The van der Waals surface area contributed by atoms with Gasteiger partial charge in [-0.1, -0.05) is 43.7 Å². The zero-order valence-electron chi connectivity index (χ0n) is 16.3. The summed E-state index contributed by atoms with van der Waals surface area (Å²) in [4.78, 5) is 11.6. The predicted molar refractivity (Wildman–Crippen MR) is 113 cm³/mol. The first kappa shape index (κ1) is 19.5. The quantitative estimate of drug-likeness (QED) is 0.321. The summed E-state index contributed by atoms with van der Waals surface area (Å²) in [6.45, 7) is 2.94. The Balaban J connectivity index is 1.69. The van der Waals surface area contributed by atoms with E-state index >= 15 is 0 Å². The second-order valence-corrected chi connectivity index (χ2v) is 6.60. The molecular formula is C25H24O3. The summed E-state index contributed by atoms with van der Waals surface area (Å²) in [6.07, 6.45) is 3.47. The maximum atomic E-state index is 11.6. The first-order valence-corrected chi connectivity index (χ1v) is 9.56. The second-order valence-electron chi connectivity index (χ2n) is 6.60. The van der Waals surface area contributed by atoms with Crippen LogP contribution in [0.25, 0.3) is 10.8 Å². The van der Waals surface area contributed by atoms with Crippen molar-refractivity contribution in [2.75, 3.05) is 13.7 Å². The highest BCUT2D eigenvalue weighted by atomic mass is 16.5. The van der Waals surface area contributed by atoms with Gasteiger partial charge in [-0.3, -0.25) is 0 Å². The molecule has 3 nitrogen and oxygen atoms in total. The molecule has 0 fully saturated rings. The lowest BCUT2D eigenvalue weighted by molar-refractivity contribution is 0.0601. The van der Waals surface area contributed by atoms with Crippen LogP contribution in [0, 0.1) is 11.8 Å². The van der Waals surface area contributed by atoms with Crippen molar-refractivity contribution in [2.45, 2.75) is 26.2 Å². The van der Waals surface area contributed by atoms with Gasteiger partial charge in [0, 0.05) is 11.1 Å². The lowest BCUT2D eigenvalue weighted by atomic mass is 10.0. The fourth-order valence-corrected chi connectivity index (χ4v) is 2.89. The first-order chi connectivity index (χ1) is 13.7. The van der Waals surface area contributed by atoms with Crippen LogP contribution < -0.4 is 4.74 Å². The van der Waals surface area contributed by atoms with Crippen molar-refractivity contribution in [1.29, 1.82) is 0 Å². The molecule has 0 unspecified atom stereocenters. The SMILES string of the molecule is CCCCCOc1ccc(C#Cc2ccc3cc(C(=O)OC)ccc3c2)cc1. The van der Waals surface area contributed by atoms with Crippen LogP contribution in [0.2, 0.25) is 0 Å². The molecule has 0 amide bonds. The van der Waals surface area contributed by atoms with E-state index in [-0.39, 0.29) is 5.97 Å². The van der Waals surface area contributed by atoms with E-state index in [1.165, 1.54) is 20.0 Å². The average Bonchev–Trinajstić information content (AvgIpc) is 2.75. The van der Waals surface area contributed by atoms with E-state index in [1.807, 2.05) is 54.6 Å². The molecule has 0 N–H and O–H groups in total. The number of hydrogen-bond donors (Lipinski definition) is 0. The Labute approximate surface area is 166 Å². The van der Waals surface area contributed by atoms with Gasteiger partial charge in [0.2, 0.25) is 0 Å². The first-order valence-electron chi connectivity index (χ1n) is 9.56. The number of rotatable bonds is 6. The third-order valence-electron chi connectivity index (χ3n) is 4.48. The summed E-state index contributed by atoms with van der Waals surface area (Å²) >= 11 is 0. The molecular weight excluding hydrogens is 348 g/mol. The number of esters is 1. The number of carbonyl (C=O) groups is 1. The Morgan fingerprint density at radius 3 is 2.29 bits per heavy atom. The van der Waals surface area contributed by atoms with Crippen LogP contribution in [0.3, 0.4) is 0 Å². The standard InChI is InChI=1S/C25H24O3/c1-3-4-5-16-28-24-14-9-19(10-15-24)6-7-20-8-11-22-18-23(25(26)27-2)13-12-21(22)17-20/h8-15,17-18H,3-5,16H2,1-2H3. The molecule has 3 aromatic rings. The number of fused-ring (bicyclic) bond motifs is 1. The molecule has 0 radical (unpaired) electrons. The molecule has 3 heteroatoms. The second kappa shape index (κ2) is 9.62. The van der Waals surface area contributed by atoms with E-state index in [0.29, 0.717) is 5.56 Å². The van der Waals surface area contributed by atoms with Crippen LogP contribution in [-0.4, -0.2) is 19.7 Å². The van der Waals surface area contributed by atoms with Crippen molar-refractivity contribution in [3.05, 3.63) is 77.4 Å². The van der Waals surface area contributed by atoms with Crippen molar-refractivity contribution in [3.8, 4) is 17.6 Å². The number of hydrogen-bond acceptors (Lipinski definition) is 3. The largest absolute Gasteiger partial charge is 0.494 e. The fraction of sp³-hybridized carbons (Fsp3) is 0.240. The number of methoxy groups -OCH3 is 1. The van der Waals surface area contributed by atoms with Crippen LogP contribution >= 0.6 is 0 Å². The van der Waals surface area contributed by atoms with Gasteiger partial charge < -0.3 is 9.47 Å². The molecule has 0 bridgehead atoms. The summed E-state index contributed by atoms with van der Waals surface area (Å²) in [5.74, 6) is 6.94. The lowest BCUT2D eigenvalue weighted by Gasteiger charge is -2.05. The minimum Gasteiger partial charge on any atom is -0.494 e. The van der Waals surface area contributed by atoms with Gasteiger partial charge >= 0.3 is 5.97 Å². The molecule has 0 atom stereocenters. The van der Waals surface area contributed by atoms with Gasteiger partial charge in [0.15, 0.2) is 0 Å². The van der Waals surface area contributed by atoms with Gasteiger partial charge in [-0.25, -0.2) is 4.79 Å². The maximum Gasteiger partial charge on any atom is 0.337 e. The number of ether oxygens (including phenoxy) is 2. The Kier molecular flexibility index (Phi) is 6.70. The third kappa shape index (κ3) is 5.14. The lowest BCUT2D eigenvalue weighted by Crippen LogP contribution is -2.00. The maximum absolute atomic E-state index is 11.6. The molecule has 0 aliphatic rings. The van der Waals surface area contributed by atoms with Crippen molar-refractivity contribution in [1.82, 2.24) is 0 Å². The summed E-state index contributed by atoms with van der Waals surface area (Å²) in [5.41, 5.74) is 2.42. The number of benzene rings is 3. The van der Waals surface area contributed by atoms with Crippen molar-refractivity contribution < 1.29 is 14.3 Å². The normalized spacial score (nSPS) is 10.2. The van der Waals surface area contributed by atoms with Crippen molar-refractivity contribution >= 4 is 16.7 Å². The highest BCUT2D eigenvalue weighted by molar-refractivity contribution is 5.95. The number of carbonyl (C=O) groups excluding carboxylic acids is 1. The van der Waals surface area contributed by atoms with Gasteiger partial charge in [-0.2, -0.15) is 0 Å². The van der Waals surface area contributed by atoms with E-state index in [4.69, 9.17) is 9.47 Å². The van der Waals surface area contributed by atoms with E-state index < -0.39 is 0 Å². The Morgan fingerprint density at radius 1 is 0.857 bits per heavy atom. The third-order valence-corrected chi connectivity index (χ3v) is 4.48. The minimum absolute atomic E-state index is 0.330. The Hall–Kier alpha value is -3.25. The van der Waals surface area contributed by atoms with E-state index in [1.54, 1.807) is 6.07 Å². The molecule has 0 saturated carbocycles. The van der Waals surface area contributed by atoms with Crippen LogP contribution in [0.1, 0.15) is 47.7 Å². The molecule has 0 aliphatic carbocycles. The molecule has 0 heterocycles. The summed E-state index contributed by atoms with van der Waals surface area (Å²) in [6, 6.07) is 19.3. The van der Waals surface area contributed by atoms with E-state index in [9.17, 15) is 4.79 Å². The van der Waals surface area contributed by atoms with Gasteiger partial charge in [-0.05, 0) is 65.7 Å². The minimum atomic E-state index is -0.330. The highest BCUT2D eigenvalue weighted by Gasteiger charge is 2.05. The molecule has 3 aromatic carbocycles. The van der Waals surface area contributed by atoms with Crippen LogP contribution in [0.15, 0.2) is 60.7 Å². The highest BCUT2D eigenvalue weighted by Crippen LogP contribution is 2.18. The zero-order chi connectivity index (χ0) is 19.8. The molecule has 0 aliphatic heterocycles. The van der Waals surface area contributed by atoms with Crippen LogP contribution in [-0.2, 0) is 4.74 Å². The summed E-state index contributed by atoms with van der Waals surface area (Å²) in [7, 11) is 1.39. The molecule has 0 saturated heterocycles. The molecule has 28 heavy (non-hydrogen) atoms. The van der Waals surface area contributed by atoms with E-state index in [0.717, 1.165) is 40.7 Å². The van der Waals surface area contributed by atoms with E-state index in [2.05, 4.69) is 18.8 Å². The van der Waals surface area contributed by atoms with Crippen LogP contribution in [0.4, 0.5) is 0 Å². The van der Waals surface area contributed by atoms with Crippen LogP contribution in [0.5, 0.6) is 5.75 Å². The zero-order valence-corrected chi connectivity index (χ0v) is 16.3. The summed E-state index contributed by atoms with van der Waals surface area (Å²) < 4.78 is 10.5.